The molecule has 30 heavy (non-hydrogen) atoms. The quantitative estimate of drug-likeness (QED) is 0.259. The molecule has 0 unspecified atom stereocenters. The van der Waals surface area contributed by atoms with E-state index in [1.54, 1.807) is 46.4 Å². The fourth-order valence-electron chi connectivity index (χ4n) is 2.93. The third kappa shape index (κ3) is 3.79. The molecule has 0 saturated heterocycles. The van der Waals surface area contributed by atoms with Crippen LogP contribution in [0.5, 0.6) is 0 Å². The summed E-state index contributed by atoms with van der Waals surface area (Å²) in [6.45, 7) is 0.268. The van der Waals surface area contributed by atoms with Crippen LogP contribution in [0.1, 0.15) is 11.7 Å². The first-order valence-electron chi connectivity index (χ1n) is 8.89. The Morgan fingerprint density at radius 2 is 2.10 bits per heavy atom. The van der Waals surface area contributed by atoms with E-state index in [2.05, 4.69) is 15.1 Å². The lowest BCUT2D eigenvalue weighted by molar-refractivity contribution is 0.391. The maximum atomic E-state index is 13.1. The van der Waals surface area contributed by atoms with Crippen LogP contribution >= 0.6 is 34.7 Å². The molecule has 0 amide bonds. The molecule has 0 bridgehead atoms. The third-order valence-electron chi connectivity index (χ3n) is 4.31. The minimum atomic E-state index is -0.166. The summed E-state index contributed by atoms with van der Waals surface area (Å²) in [4.78, 5) is 23.2. The van der Waals surface area contributed by atoms with Crippen molar-refractivity contribution in [3.05, 3.63) is 81.1 Å². The van der Waals surface area contributed by atoms with Gasteiger partial charge in [0.1, 0.15) is 5.76 Å². The molecule has 0 atom stereocenters. The highest BCUT2D eigenvalue weighted by Gasteiger charge is 2.16. The predicted molar refractivity (Wildman–Crippen MR) is 116 cm³/mol. The number of aromatic nitrogens is 4. The van der Waals surface area contributed by atoms with Crippen molar-refractivity contribution in [1.29, 1.82) is 0 Å². The van der Waals surface area contributed by atoms with Gasteiger partial charge in [-0.3, -0.25) is 9.36 Å². The van der Waals surface area contributed by atoms with Crippen LogP contribution < -0.4 is 5.56 Å². The van der Waals surface area contributed by atoms with Gasteiger partial charge in [0, 0.05) is 5.02 Å². The van der Waals surface area contributed by atoms with Crippen LogP contribution in [0.3, 0.4) is 0 Å². The molecule has 5 aromatic rings. The zero-order valence-corrected chi connectivity index (χ0v) is 17.7. The van der Waals surface area contributed by atoms with Gasteiger partial charge in [-0.25, -0.2) is 4.98 Å². The number of furan rings is 1. The van der Waals surface area contributed by atoms with Gasteiger partial charge in [-0.2, -0.15) is 4.98 Å². The largest absolute Gasteiger partial charge is 0.467 e. The van der Waals surface area contributed by atoms with Crippen molar-refractivity contribution in [3.63, 3.8) is 0 Å². The number of fused-ring (bicyclic) bond motifs is 1. The molecule has 0 aliphatic carbocycles. The Kier molecular flexibility index (Phi) is 5.16. The number of hydrogen-bond acceptors (Lipinski definition) is 8. The van der Waals surface area contributed by atoms with E-state index in [-0.39, 0.29) is 12.1 Å². The lowest BCUT2D eigenvalue weighted by Gasteiger charge is -2.11. The maximum Gasteiger partial charge on any atom is 0.262 e. The molecule has 0 radical (unpaired) electrons. The van der Waals surface area contributed by atoms with Gasteiger partial charge in [-0.15, -0.1) is 11.3 Å². The maximum absolute atomic E-state index is 13.1. The molecule has 10 heteroatoms. The Bertz CT molecular complexity index is 1360. The molecule has 4 aromatic heterocycles. The molecule has 4 heterocycles. The Balaban J connectivity index is 1.49. The third-order valence-corrected chi connectivity index (χ3v) is 6.37. The van der Waals surface area contributed by atoms with Crippen molar-refractivity contribution in [1.82, 2.24) is 19.7 Å². The second-order valence-electron chi connectivity index (χ2n) is 6.30. The Hall–Kier alpha value is -2.88. The molecule has 150 valence electrons. The van der Waals surface area contributed by atoms with Crippen molar-refractivity contribution in [3.8, 4) is 10.7 Å². The van der Waals surface area contributed by atoms with Crippen molar-refractivity contribution in [2.24, 2.45) is 0 Å². The van der Waals surface area contributed by atoms with Crippen molar-refractivity contribution >= 4 is 45.6 Å². The van der Waals surface area contributed by atoms with E-state index < -0.39 is 0 Å². The number of nitrogens with zero attached hydrogens (tertiary/aromatic N) is 4. The number of rotatable bonds is 6. The zero-order valence-electron chi connectivity index (χ0n) is 15.3. The Morgan fingerprint density at radius 3 is 2.90 bits per heavy atom. The van der Waals surface area contributed by atoms with Gasteiger partial charge in [0.2, 0.25) is 11.7 Å². The number of hydrogen-bond donors (Lipinski definition) is 0. The Morgan fingerprint density at radius 1 is 1.17 bits per heavy atom. The minimum absolute atomic E-state index is 0.166. The summed E-state index contributed by atoms with van der Waals surface area (Å²) < 4.78 is 12.4. The van der Waals surface area contributed by atoms with Crippen LogP contribution in [0.25, 0.3) is 21.6 Å². The molecule has 0 aliphatic heterocycles. The highest BCUT2D eigenvalue weighted by Crippen LogP contribution is 2.26. The van der Waals surface area contributed by atoms with Crippen LogP contribution in [0.2, 0.25) is 5.02 Å². The monoisotopic (exact) mass is 456 g/mol. The first-order valence-corrected chi connectivity index (χ1v) is 11.1. The Labute approximate surface area is 183 Å². The van der Waals surface area contributed by atoms with E-state index in [1.807, 2.05) is 23.6 Å². The predicted octanol–water partition coefficient (Wildman–Crippen LogP) is 5.10. The molecule has 5 rings (SSSR count). The van der Waals surface area contributed by atoms with Gasteiger partial charge >= 0.3 is 0 Å². The topological polar surface area (TPSA) is 87.0 Å². The fourth-order valence-corrected chi connectivity index (χ4v) is 4.58. The van der Waals surface area contributed by atoms with E-state index in [1.165, 1.54) is 11.8 Å². The lowest BCUT2D eigenvalue weighted by atomic mass is 10.2. The molecule has 0 fully saturated rings. The van der Waals surface area contributed by atoms with Gasteiger partial charge in [0.15, 0.2) is 5.16 Å². The summed E-state index contributed by atoms with van der Waals surface area (Å²) in [6.07, 6.45) is 1.58. The van der Waals surface area contributed by atoms with Crippen LogP contribution in [0.4, 0.5) is 0 Å². The summed E-state index contributed by atoms with van der Waals surface area (Å²) in [6, 6.07) is 12.5. The van der Waals surface area contributed by atoms with Gasteiger partial charge in [-0.1, -0.05) is 34.6 Å². The van der Waals surface area contributed by atoms with E-state index in [0.717, 1.165) is 4.88 Å². The molecular formula is C20H13ClN4O3S2. The minimum Gasteiger partial charge on any atom is -0.467 e. The summed E-state index contributed by atoms with van der Waals surface area (Å²) in [5, 5.41) is 7.51. The zero-order chi connectivity index (χ0) is 20.5. The van der Waals surface area contributed by atoms with Gasteiger partial charge in [0.05, 0.1) is 34.3 Å². The summed E-state index contributed by atoms with van der Waals surface area (Å²) in [5.41, 5.74) is 0.371. The SMILES string of the molecule is O=c1c2ccc(Cl)cc2nc(SCc2nc(-c3cccs3)no2)n1Cc1ccco1. The van der Waals surface area contributed by atoms with E-state index >= 15 is 0 Å². The van der Waals surface area contributed by atoms with E-state index in [0.29, 0.717) is 44.3 Å². The van der Waals surface area contributed by atoms with Crippen molar-refractivity contribution in [2.75, 3.05) is 0 Å². The molecule has 1 aromatic carbocycles. The number of benzene rings is 1. The second kappa shape index (κ2) is 8.10. The first kappa shape index (κ1) is 19.1. The van der Waals surface area contributed by atoms with Crippen molar-refractivity contribution < 1.29 is 8.94 Å². The molecule has 0 N–H and O–H groups in total. The van der Waals surface area contributed by atoms with Crippen LogP contribution in [-0.2, 0) is 12.3 Å². The average Bonchev–Trinajstić information content (AvgIpc) is 3.51. The average molecular weight is 457 g/mol. The smallest absolute Gasteiger partial charge is 0.262 e. The first-order chi connectivity index (χ1) is 14.7. The molecular weight excluding hydrogens is 444 g/mol. The summed E-state index contributed by atoms with van der Waals surface area (Å²) in [5.74, 6) is 2.03. The summed E-state index contributed by atoms with van der Waals surface area (Å²) in [7, 11) is 0. The second-order valence-corrected chi connectivity index (χ2v) is 8.63. The van der Waals surface area contributed by atoms with Gasteiger partial charge in [0.25, 0.3) is 5.56 Å². The van der Waals surface area contributed by atoms with Crippen molar-refractivity contribution in [2.45, 2.75) is 17.5 Å². The highest BCUT2D eigenvalue weighted by atomic mass is 35.5. The lowest BCUT2D eigenvalue weighted by Crippen LogP contribution is -2.23. The van der Waals surface area contributed by atoms with Gasteiger partial charge < -0.3 is 8.94 Å². The normalized spacial score (nSPS) is 11.4. The molecule has 7 nitrogen and oxygen atoms in total. The van der Waals surface area contributed by atoms with E-state index in [4.69, 9.17) is 20.5 Å². The number of thiophene rings is 1. The number of thioether (sulfide) groups is 1. The standard InChI is InChI=1S/C20H13ClN4O3S2/c21-12-5-6-14-15(9-12)22-20(25(19(14)26)10-13-3-1-7-27-13)30-11-17-23-18(24-28-17)16-4-2-8-29-16/h1-9H,10-11H2. The molecule has 0 saturated carbocycles. The number of halogens is 1. The molecule has 0 spiro atoms. The fraction of sp³-hybridized carbons (Fsp3) is 0.100. The van der Waals surface area contributed by atoms with Crippen LogP contribution in [0, 0.1) is 0 Å². The van der Waals surface area contributed by atoms with Crippen LogP contribution in [-0.4, -0.2) is 19.7 Å². The van der Waals surface area contributed by atoms with Crippen LogP contribution in [0.15, 0.2) is 73.0 Å². The summed E-state index contributed by atoms with van der Waals surface area (Å²) >= 11 is 8.98. The molecule has 0 aliphatic rings. The van der Waals surface area contributed by atoms with E-state index in [9.17, 15) is 4.79 Å². The highest BCUT2D eigenvalue weighted by molar-refractivity contribution is 7.98. The van der Waals surface area contributed by atoms with Gasteiger partial charge in [-0.05, 0) is 41.8 Å².